The molecule has 0 fully saturated rings. The molecule has 0 bridgehead atoms. The molecule has 1 heterocycles. The fourth-order valence-electron chi connectivity index (χ4n) is 0.851. The summed E-state index contributed by atoms with van der Waals surface area (Å²) in [5.41, 5.74) is 0. The zero-order valence-electron chi connectivity index (χ0n) is 8.47. The minimum Gasteiger partial charge on any atom is -0.466 e. The molecule has 1 aromatic rings. The first-order chi connectivity index (χ1) is 7.63. The van der Waals surface area contributed by atoms with Gasteiger partial charge in [0.25, 0.3) is 5.88 Å². The van der Waals surface area contributed by atoms with Crippen molar-refractivity contribution in [2.75, 3.05) is 6.61 Å². The molecule has 0 N–H and O–H groups in total. The summed E-state index contributed by atoms with van der Waals surface area (Å²) >= 11 is 5.60. The lowest BCUT2D eigenvalue weighted by atomic mass is 10.4. The Morgan fingerprint density at radius 3 is 2.62 bits per heavy atom. The molecule has 0 unspecified atom stereocenters. The van der Waals surface area contributed by atoms with Gasteiger partial charge in [-0.2, -0.15) is 0 Å². The highest BCUT2D eigenvalue weighted by atomic mass is 35.5. The topological polar surface area (TPSA) is 78.4 Å². The number of esters is 2. The van der Waals surface area contributed by atoms with Crippen molar-refractivity contribution in [3.05, 3.63) is 17.5 Å². The van der Waals surface area contributed by atoms with Crippen molar-refractivity contribution in [1.82, 2.24) is 9.97 Å². The Hall–Kier alpha value is -1.69. The lowest BCUT2D eigenvalue weighted by Gasteiger charge is -2.03. The Morgan fingerprint density at radius 1 is 1.31 bits per heavy atom. The van der Waals surface area contributed by atoms with Gasteiger partial charge in [0.2, 0.25) is 0 Å². The van der Waals surface area contributed by atoms with E-state index in [1.54, 1.807) is 6.92 Å². The predicted molar refractivity (Wildman–Crippen MR) is 53.9 cm³/mol. The van der Waals surface area contributed by atoms with Crippen LogP contribution in [0.25, 0.3) is 0 Å². The third kappa shape index (κ3) is 3.82. The van der Waals surface area contributed by atoms with E-state index in [2.05, 4.69) is 14.7 Å². The molecule has 6 nitrogen and oxygen atoms in total. The molecule has 0 radical (unpaired) electrons. The van der Waals surface area contributed by atoms with Crippen LogP contribution in [0.4, 0.5) is 0 Å². The first-order valence-corrected chi connectivity index (χ1v) is 4.84. The van der Waals surface area contributed by atoms with Crippen molar-refractivity contribution < 1.29 is 19.1 Å². The van der Waals surface area contributed by atoms with Gasteiger partial charge in [0.1, 0.15) is 6.42 Å². The molecule has 0 aromatic carbocycles. The Kier molecular flexibility index (Phi) is 4.65. The average Bonchev–Trinajstić information content (AvgIpc) is 2.21. The molecule has 0 spiro atoms. The Labute approximate surface area is 96.5 Å². The maximum Gasteiger partial charge on any atom is 0.323 e. The van der Waals surface area contributed by atoms with Gasteiger partial charge in [-0.15, -0.1) is 0 Å². The first-order valence-electron chi connectivity index (χ1n) is 4.46. The monoisotopic (exact) mass is 244 g/mol. The number of carbonyl (C=O) groups is 2. The molecule has 0 saturated carbocycles. The van der Waals surface area contributed by atoms with E-state index in [0.717, 1.165) is 0 Å². The van der Waals surface area contributed by atoms with E-state index in [1.807, 2.05) is 0 Å². The minimum atomic E-state index is -0.791. The average molecular weight is 245 g/mol. The predicted octanol–water partition coefficient (Wildman–Crippen LogP) is 0.989. The Morgan fingerprint density at radius 2 is 2.00 bits per heavy atom. The number of ether oxygens (including phenoxy) is 2. The van der Waals surface area contributed by atoms with Crippen molar-refractivity contribution in [3.63, 3.8) is 0 Å². The molecule has 0 atom stereocenters. The molecule has 0 aliphatic carbocycles. The summed E-state index contributed by atoms with van der Waals surface area (Å²) < 4.78 is 9.29. The SMILES string of the molecule is CCOC(=O)CC(=O)Oc1nccnc1Cl. The number of aromatic nitrogens is 2. The summed E-state index contributed by atoms with van der Waals surface area (Å²) in [6.45, 7) is 1.85. The summed E-state index contributed by atoms with van der Waals surface area (Å²) in [5, 5.41) is -0.0419. The van der Waals surface area contributed by atoms with E-state index in [0.29, 0.717) is 0 Å². The number of hydrogen-bond acceptors (Lipinski definition) is 6. The van der Waals surface area contributed by atoms with Crippen molar-refractivity contribution in [1.29, 1.82) is 0 Å². The Bertz CT molecular complexity index is 397. The third-order valence-electron chi connectivity index (χ3n) is 1.43. The van der Waals surface area contributed by atoms with Crippen molar-refractivity contribution >= 4 is 23.5 Å². The molecule has 7 heteroatoms. The van der Waals surface area contributed by atoms with Gasteiger partial charge < -0.3 is 9.47 Å². The van der Waals surface area contributed by atoms with Crippen LogP contribution in [-0.2, 0) is 14.3 Å². The van der Waals surface area contributed by atoms with E-state index in [-0.39, 0.29) is 17.6 Å². The van der Waals surface area contributed by atoms with Gasteiger partial charge in [0.05, 0.1) is 6.61 Å². The van der Waals surface area contributed by atoms with Crippen LogP contribution in [0.1, 0.15) is 13.3 Å². The van der Waals surface area contributed by atoms with E-state index in [4.69, 9.17) is 16.3 Å². The van der Waals surface area contributed by atoms with E-state index >= 15 is 0 Å². The Balaban J connectivity index is 2.52. The van der Waals surface area contributed by atoms with Crippen molar-refractivity contribution in [2.45, 2.75) is 13.3 Å². The smallest absolute Gasteiger partial charge is 0.323 e. The standard InChI is InChI=1S/C9H9ClN2O4/c1-2-15-6(13)5-7(14)16-9-8(10)11-3-4-12-9/h3-4H,2,5H2,1H3. The zero-order valence-corrected chi connectivity index (χ0v) is 9.23. The van der Waals surface area contributed by atoms with Gasteiger partial charge in [0, 0.05) is 12.4 Å². The summed E-state index contributed by atoms with van der Waals surface area (Å²) in [4.78, 5) is 29.5. The molecule has 86 valence electrons. The van der Waals surface area contributed by atoms with Crippen LogP contribution in [0, 0.1) is 0 Å². The maximum absolute atomic E-state index is 11.2. The fourth-order valence-corrected chi connectivity index (χ4v) is 0.994. The molecular weight excluding hydrogens is 236 g/mol. The second kappa shape index (κ2) is 6.02. The van der Waals surface area contributed by atoms with E-state index in [1.165, 1.54) is 12.4 Å². The number of halogens is 1. The van der Waals surface area contributed by atoms with Gasteiger partial charge in [-0.25, -0.2) is 9.97 Å². The number of rotatable bonds is 4. The summed E-state index contributed by atoms with van der Waals surface area (Å²) in [5.74, 6) is -1.58. The quantitative estimate of drug-likeness (QED) is 0.581. The van der Waals surface area contributed by atoms with Crippen LogP contribution in [0.5, 0.6) is 5.88 Å². The van der Waals surface area contributed by atoms with Gasteiger partial charge in [0.15, 0.2) is 5.15 Å². The molecule has 1 aromatic heterocycles. The molecule has 0 saturated heterocycles. The summed E-state index contributed by atoms with van der Waals surface area (Å²) in [7, 11) is 0. The molecule has 0 aliphatic rings. The van der Waals surface area contributed by atoms with Crippen molar-refractivity contribution in [3.8, 4) is 5.88 Å². The maximum atomic E-state index is 11.2. The fraction of sp³-hybridized carbons (Fsp3) is 0.333. The van der Waals surface area contributed by atoms with Crippen LogP contribution < -0.4 is 4.74 Å². The van der Waals surface area contributed by atoms with Gasteiger partial charge in [-0.3, -0.25) is 9.59 Å². The lowest BCUT2D eigenvalue weighted by Crippen LogP contribution is -2.16. The number of carbonyl (C=O) groups excluding carboxylic acids is 2. The normalized spacial score (nSPS) is 9.62. The third-order valence-corrected chi connectivity index (χ3v) is 1.69. The molecule has 0 amide bonds. The molecular formula is C9H9ClN2O4. The van der Waals surface area contributed by atoms with Crippen molar-refractivity contribution in [2.24, 2.45) is 0 Å². The van der Waals surface area contributed by atoms with Crippen LogP contribution in [-0.4, -0.2) is 28.5 Å². The number of hydrogen-bond donors (Lipinski definition) is 0. The highest BCUT2D eigenvalue weighted by molar-refractivity contribution is 6.30. The van der Waals surface area contributed by atoms with E-state index < -0.39 is 18.4 Å². The minimum absolute atomic E-state index is 0.0419. The molecule has 0 aliphatic heterocycles. The van der Waals surface area contributed by atoms with E-state index in [9.17, 15) is 9.59 Å². The van der Waals surface area contributed by atoms with Gasteiger partial charge >= 0.3 is 11.9 Å². The molecule has 1 rings (SSSR count). The zero-order chi connectivity index (χ0) is 12.0. The second-order valence-corrected chi connectivity index (χ2v) is 2.97. The van der Waals surface area contributed by atoms with Gasteiger partial charge in [-0.1, -0.05) is 11.6 Å². The lowest BCUT2D eigenvalue weighted by molar-refractivity contribution is -0.149. The van der Waals surface area contributed by atoms with Crippen LogP contribution in [0.2, 0.25) is 5.15 Å². The van der Waals surface area contributed by atoms with Gasteiger partial charge in [-0.05, 0) is 6.92 Å². The van der Waals surface area contributed by atoms with Crippen LogP contribution in [0.15, 0.2) is 12.4 Å². The van der Waals surface area contributed by atoms with Crippen LogP contribution in [0.3, 0.4) is 0 Å². The van der Waals surface area contributed by atoms with Crippen LogP contribution >= 0.6 is 11.6 Å². The summed E-state index contributed by atoms with van der Waals surface area (Å²) in [6, 6.07) is 0. The highest BCUT2D eigenvalue weighted by Gasteiger charge is 2.15. The highest BCUT2D eigenvalue weighted by Crippen LogP contribution is 2.17. The molecule has 16 heavy (non-hydrogen) atoms. The number of nitrogens with zero attached hydrogens (tertiary/aromatic N) is 2. The first kappa shape index (κ1) is 12.4. The second-order valence-electron chi connectivity index (χ2n) is 2.61. The summed E-state index contributed by atoms with van der Waals surface area (Å²) in [6.07, 6.45) is 2.19. The largest absolute Gasteiger partial charge is 0.466 e.